The van der Waals surface area contributed by atoms with E-state index < -0.39 is 0 Å². The highest BCUT2D eigenvalue weighted by Gasteiger charge is 2.38. The van der Waals surface area contributed by atoms with Crippen molar-refractivity contribution in [3.63, 3.8) is 0 Å². The van der Waals surface area contributed by atoms with Crippen LogP contribution in [0, 0.1) is 0 Å². The highest BCUT2D eigenvalue weighted by molar-refractivity contribution is 6.35. The summed E-state index contributed by atoms with van der Waals surface area (Å²) in [5, 5.41) is 2.77. The molecule has 2 aromatic carbocycles. The fraction of sp³-hybridized carbons (Fsp3) is 0.167. The number of benzene rings is 2. The maximum absolute atomic E-state index is 12.7. The fourth-order valence-electron chi connectivity index (χ4n) is 3.17. The minimum atomic E-state index is -0.329. The Balaban J connectivity index is 1.77. The number of anilines is 2. The predicted octanol–water partition coefficient (Wildman–Crippen LogP) is 1.42. The van der Waals surface area contributed by atoms with Gasteiger partial charge in [0, 0.05) is 13.1 Å². The van der Waals surface area contributed by atoms with Gasteiger partial charge in [-0.2, -0.15) is 0 Å². The zero-order valence-corrected chi connectivity index (χ0v) is 12.9. The van der Waals surface area contributed by atoms with Gasteiger partial charge < -0.3 is 10.2 Å². The molecule has 2 heterocycles. The summed E-state index contributed by atoms with van der Waals surface area (Å²) < 4.78 is 0. The molecule has 2 aliphatic heterocycles. The zero-order chi connectivity index (χ0) is 16.7. The summed E-state index contributed by atoms with van der Waals surface area (Å²) in [4.78, 5) is 40.2. The van der Waals surface area contributed by atoms with Crippen LogP contribution in [-0.2, 0) is 4.79 Å². The lowest BCUT2D eigenvalue weighted by molar-refractivity contribution is -0.120. The van der Waals surface area contributed by atoms with E-state index in [9.17, 15) is 14.4 Å². The van der Waals surface area contributed by atoms with Crippen LogP contribution in [0.25, 0.3) is 0 Å². The normalized spacial score (nSPS) is 17.1. The average Bonchev–Trinajstić information content (AvgIpc) is 2.86. The Morgan fingerprint density at radius 1 is 0.792 bits per heavy atom. The van der Waals surface area contributed by atoms with Crippen molar-refractivity contribution in [2.24, 2.45) is 0 Å². The number of imide groups is 1. The first-order chi connectivity index (χ1) is 11.7. The molecule has 6 heteroatoms. The zero-order valence-electron chi connectivity index (χ0n) is 12.9. The van der Waals surface area contributed by atoms with Crippen molar-refractivity contribution in [1.82, 2.24) is 5.32 Å². The summed E-state index contributed by atoms with van der Waals surface area (Å²) in [5.41, 5.74) is 2.04. The van der Waals surface area contributed by atoms with Crippen LogP contribution in [0.1, 0.15) is 20.7 Å². The lowest BCUT2D eigenvalue weighted by Gasteiger charge is -2.31. The quantitative estimate of drug-likeness (QED) is 0.850. The van der Waals surface area contributed by atoms with Crippen molar-refractivity contribution < 1.29 is 14.4 Å². The van der Waals surface area contributed by atoms with Gasteiger partial charge in [-0.15, -0.1) is 0 Å². The SMILES string of the molecule is O=C1CN(c2ccccc2N2C(=O)c3ccccc3C2=O)CCN1. The van der Waals surface area contributed by atoms with Gasteiger partial charge in [0.25, 0.3) is 11.8 Å². The molecule has 6 nitrogen and oxygen atoms in total. The van der Waals surface area contributed by atoms with Crippen LogP contribution in [0.2, 0.25) is 0 Å². The number of hydrogen-bond donors (Lipinski definition) is 1. The second-order valence-corrected chi connectivity index (χ2v) is 5.75. The Hall–Kier alpha value is -3.15. The van der Waals surface area contributed by atoms with Gasteiger partial charge in [-0.3, -0.25) is 14.4 Å². The molecule has 3 amide bonds. The van der Waals surface area contributed by atoms with Crippen molar-refractivity contribution in [2.45, 2.75) is 0 Å². The van der Waals surface area contributed by atoms with Gasteiger partial charge in [-0.05, 0) is 24.3 Å². The lowest BCUT2D eigenvalue weighted by Crippen LogP contribution is -2.48. The molecule has 0 saturated carbocycles. The molecule has 4 rings (SSSR count). The maximum atomic E-state index is 12.7. The third-order valence-electron chi connectivity index (χ3n) is 4.30. The molecule has 0 spiro atoms. The van der Waals surface area contributed by atoms with Crippen molar-refractivity contribution in [3.05, 3.63) is 59.7 Å². The summed E-state index contributed by atoms with van der Waals surface area (Å²) in [6, 6.07) is 14.0. The number of amides is 3. The van der Waals surface area contributed by atoms with Crippen LogP contribution in [0.15, 0.2) is 48.5 Å². The summed E-state index contributed by atoms with van der Waals surface area (Å²) in [7, 11) is 0. The van der Waals surface area contributed by atoms with Crippen molar-refractivity contribution in [3.8, 4) is 0 Å². The maximum Gasteiger partial charge on any atom is 0.266 e. The Morgan fingerprint density at radius 2 is 1.38 bits per heavy atom. The van der Waals surface area contributed by atoms with Crippen molar-refractivity contribution in [2.75, 3.05) is 29.4 Å². The number of hydrogen-bond acceptors (Lipinski definition) is 4. The lowest BCUT2D eigenvalue weighted by atomic mass is 10.1. The van der Waals surface area contributed by atoms with Gasteiger partial charge in [0.05, 0.1) is 29.0 Å². The number of carbonyl (C=O) groups excluding carboxylic acids is 3. The van der Waals surface area contributed by atoms with Gasteiger partial charge in [-0.25, -0.2) is 4.90 Å². The van der Waals surface area contributed by atoms with E-state index in [-0.39, 0.29) is 24.3 Å². The molecule has 1 saturated heterocycles. The Morgan fingerprint density at radius 3 is 2.00 bits per heavy atom. The van der Waals surface area contributed by atoms with Gasteiger partial charge in [0.2, 0.25) is 5.91 Å². The molecular weight excluding hydrogens is 306 g/mol. The number of carbonyl (C=O) groups is 3. The van der Waals surface area contributed by atoms with E-state index >= 15 is 0 Å². The first-order valence-electron chi connectivity index (χ1n) is 7.75. The van der Waals surface area contributed by atoms with E-state index in [1.807, 2.05) is 17.0 Å². The molecule has 0 radical (unpaired) electrons. The van der Waals surface area contributed by atoms with Gasteiger partial charge in [0.1, 0.15) is 0 Å². The van der Waals surface area contributed by atoms with Gasteiger partial charge in [0.15, 0.2) is 0 Å². The second-order valence-electron chi connectivity index (χ2n) is 5.75. The second kappa shape index (κ2) is 5.49. The number of nitrogens with zero attached hydrogens (tertiary/aromatic N) is 2. The van der Waals surface area contributed by atoms with Gasteiger partial charge in [-0.1, -0.05) is 24.3 Å². The standard InChI is InChI=1S/C18H15N3O3/c22-16-11-20(10-9-19-16)14-7-3-4-8-15(14)21-17(23)12-5-1-2-6-13(12)18(21)24/h1-8H,9-11H2,(H,19,22). The monoisotopic (exact) mass is 321 g/mol. The molecule has 2 aromatic rings. The first-order valence-corrected chi connectivity index (χ1v) is 7.75. The molecule has 1 fully saturated rings. The molecule has 2 aliphatic rings. The van der Waals surface area contributed by atoms with E-state index in [2.05, 4.69) is 5.32 Å². The predicted molar refractivity (Wildman–Crippen MR) is 89.2 cm³/mol. The van der Waals surface area contributed by atoms with E-state index in [1.54, 1.807) is 36.4 Å². The molecule has 1 N–H and O–H groups in total. The molecule has 0 aromatic heterocycles. The minimum absolute atomic E-state index is 0.0709. The molecule has 0 atom stereocenters. The van der Waals surface area contributed by atoms with Crippen molar-refractivity contribution in [1.29, 1.82) is 0 Å². The first kappa shape index (κ1) is 14.4. The number of nitrogens with one attached hydrogen (secondary N) is 1. The largest absolute Gasteiger partial charge is 0.359 e. The number of rotatable bonds is 2. The fourth-order valence-corrected chi connectivity index (χ4v) is 3.17. The van der Waals surface area contributed by atoms with Gasteiger partial charge >= 0.3 is 0 Å². The van der Waals surface area contributed by atoms with E-state index in [4.69, 9.17) is 0 Å². The smallest absolute Gasteiger partial charge is 0.266 e. The summed E-state index contributed by atoms with van der Waals surface area (Å²) >= 11 is 0. The van der Waals surface area contributed by atoms with Crippen LogP contribution >= 0.6 is 0 Å². The Kier molecular flexibility index (Phi) is 3.30. The summed E-state index contributed by atoms with van der Waals surface area (Å²) in [6.07, 6.45) is 0. The highest BCUT2D eigenvalue weighted by atomic mass is 16.2. The molecule has 120 valence electrons. The number of fused-ring (bicyclic) bond motifs is 1. The highest BCUT2D eigenvalue weighted by Crippen LogP contribution is 2.35. The third kappa shape index (κ3) is 2.15. The molecule has 24 heavy (non-hydrogen) atoms. The molecule has 0 unspecified atom stereocenters. The van der Waals surface area contributed by atoms with Crippen LogP contribution in [0.3, 0.4) is 0 Å². The summed E-state index contributed by atoms with van der Waals surface area (Å²) in [6.45, 7) is 1.38. The average molecular weight is 321 g/mol. The van der Waals surface area contributed by atoms with Crippen LogP contribution < -0.4 is 15.1 Å². The van der Waals surface area contributed by atoms with Crippen LogP contribution in [0.4, 0.5) is 11.4 Å². The Labute approximate surface area is 138 Å². The molecule has 0 bridgehead atoms. The molecule has 0 aliphatic carbocycles. The van der Waals surface area contributed by atoms with Crippen LogP contribution in [-0.4, -0.2) is 37.4 Å². The summed E-state index contributed by atoms with van der Waals surface area (Å²) in [5.74, 6) is -0.729. The van der Waals surface area contributed by atoms with E-state index in [0.717, 1.165) is 0 Å². The Bertz CT molecular complexity index is 827. The minimum Gasteiger partial charge on any atom is -0.359 e. The molecular formula is C18H15N3O3. The number of para-hydroxylation sites is 2. The number of piperazine rings is 1. The van der Waals surface area contributed by atoms with E-state index in [0.29, 0.717) is 35.6 Å². The van der Waals surface area contributed by atoms with E-state index in [1.165, 1.54) is 4.90 Å². The van der Waals surface area contributed by atoms with Crippen molar-refractivity contribution >= 4 is 29.1 Å². The van der Waals surface area contributed by atoms with Crippen LogP contribution in [0.5, 0.6) is 0 Å². The topological polar surface area (TPSA) is 69.7 Å². The third-order valence-corrected chi connectivity index (χ3v) is 4.30.